The number of fused-ring (bicyclic) bond motifs is 3. The van der Waals surface area contributed by atoms with Crippen molar-refractivity contribution < 1.29 is 5.11 Å². The predicted octanol–water partition coefficient (Wildman–Crippen LogP) is 2.30. The summed E-state index contributed by atoms with van der Waals surface area (Å²) in [6.07, 6.45) is 4.40. The SMILES string of the molecule is Nc1nc2nc3c1nc(O)n3Cc1cccc(c1)CCCCCN2. The first kappa shape index (κ1) is 14.7. The zero-order chi connectivity index (χ0) is 16.5. The summed E-state index contributed by atoms with van der Waals surface area (Å²) in [5.41, 5.74) is 9.39. The Morgan fingerprint density at radius 3 is 2.88 bits per heavy atom. The van der Waals surface area contributed by atoms with Gasteiger partial charge in [0.2, 0.25) is 5.95 Å². The van der Waals surface area contributed by atoms with Gasteiger partial charge >= 0.3 is 0 Å². The van der Waals surface area contributed by atoms with Crippen LogP contribution in [0.4, 0.5) is 11.8 Å². The van der Waals surface area contributed by atoms with Crippen LogP contribution in [0.25, 0.3) is 11.2 Å². The Balaban J connectivity index is 1.84. The lowest BCUT2D eigenvalue weighted by molar-refractivity contribution is 0.408. The van der Waals surface area contributed by atoms with E-state index in [1.807, 2.05) is 6.07 Å². The molecule has 1 aliphatic rings. The van der Waals surface area contributed by atoms with Crippen molar-refractivity contribution in [2.45, 2.75) is 32.2 Å². The topological polar surface area (TPSA) is 102 Å². The molecule has 24 heavy (non-hydrogen) atoms. The third-order valence-electron chi connectivity index (χ3n) is 4.36. The highest BCUT2D eigenvalue weighted by molar-refractivity contribution is 5.84. The third kappa shape index (κ3) is 2.73. The molecule has 0 spiro atoms. The van der Waals surface area contributed by atoms with E-state index in [1.54, 1.807) is 4.57 Å². The number of nitrogen functional groups attached to an aromatic ring is 1. The van der Waals surface area contributed by atoms with Crippen LogP contribution in [-0.4, -0.2) is 31.2 Å². The van der Waals surface area contributed by atoms with Gasteiger partial charge in [0, 0.05) is 6.54 Å². The predicted molar refractivity (Wildman–Crippen MR) is 93.0 cm³/mol. The zero-order valence-electron chi connectivity index (χ0n) is 13.4. The maximum Gasteiger partial charge on any atom is 0.296 e. The summed E-state index contributed by atoms with van der Waals surface area (Å²) in [4.78, 5) is 12.9. The average Bonchev–Trinajstić information content (AvgIpc) is 2.88. The molecule has 4 bridgehead atoms. The lowest BCUT2D eigenvalue weighted by Gasteiger charge is -2.11. The number of benzene rings is 1. The van der Waals surface area contributed by atoms with Gasteiger partial charge in [-0.05, 0) is 30.4 Å². The minimum Gasteiger partial charge on any atom is -0.480 e. The van der Waals surface area contributed by atoms with E-state index in [4.69, 9.17) is 5.73 Å². The van der Waals surface area contributed by atoms with Crippen LogP contribution in [-0.2, 0) is 13.0 Å². The number of imidazole rings is 1. The van der Waals surface area contributed by atoms with Gasteiger partial charge in [0.25, 0.3) is 6.01 Å². The van der Waals surface area contributed by atoms with Crippen molar-refractivity contribution in [2.24, 2.45) is 0 Å². The molecule has 4 rings (SSSR count). The molecule has 3 heterocycles. The fraction of sp³-hybridized carbons (Fsp3) is 0.353. The summed E-state index contributed by atoms with van der Waals surface area (Å²) in [7, 11) is 0. The molecule has 0 aliphatic carbocycles. The highest BCUT2D eigenvalue weighted by Gasteiger charge is 2.16. The molecule has 0 unspecified atom stereocenters. The van der Waals surface area contributed by atoms with Crippen molar-refractivity contribution in [1.29, 1.82) is 0 Å². The molecule has 124 valence electrons. The number of rotatable bonds is 0. The Kier molecular flexibility index (Phi) is 3.68. The quantitative estimate of drug-likeness (QED) is 0.586. The van der Waals surface area contributed by atoms with Crippen LogP contribution in [0, 0.1) is 0 Å². The molecule has 4 N–H and O–H groups in total. The number of nitrogens with zero attached hydrogens (tertiary/aromatic N) is 4. The van der Waals surface area contributed by atoms with Crippen LogP contribution in [0.5, 0.6) is 6.01 Å². The summed E-state index contributed by atoms with van der Waals surface area (Å²) < 4.78 is 1.67. The lowest BCUT2D eigenvalue weighted by Crippen LogP contribution is -2.09. The minimum absolute atomic E-state index is 0.0966. The van der Waals surface area contributed by atoms with Gasteiger partial charge in [-0.2, -0.15) is 15.0 Å². The molecule has 7 heteroatoms. The number of nitrogens with one attached hydrogen (secondary N) is 1. The molecule has 0 atom stereocenters. The summed E-state index contributed by atoms with van der Waals surface area (Å²) in [5, 5.41) is 13.4. The van der Waals surface area contributed by atoms with Crippen molar-refractivity contribution in [2.75, 3.05) is 17.6 Å². The molecule has 1 aliphatic heterocycles. The van der Waals surface area contributed by atoms with E-state index in [2.05, 4.69) is 38.5 Å². The van der Waals surface area contributed by atoms with Crippen molar-refractivity contribution >= 4 is 22.9 Å². The largest absolute Gasteiger partial charge is 0.480 e. The maximum absolute atomic E-state index is 10.2. The first-order valence-corrected chi connectivity index (χ1v) is 8.25. The number of hydrogen-bond acceptors (Lipinski definition) is 6. The van der Waals surface area contributed by atoms with E-state index in [0.29, 0.717) is 23.7 Å². The van der Waals surface area contributed by atoms with Gasteiger partial charge in [0.1, 0.15) is 0 Å². The molecule has 2 aromatic heterocycles. The molecule has 0 saturated heterocycles. The van der Waals surface area contributed by atoms with Crippen LogP contribution in [0.1, 0.15) is 30.4 Å². The Labute approximate surface area is 139 Å². The highest BCUT2D eigenvalue weighted by Crippen LogP contribution is 2.25. The summed E-state index contributed by atoms with van der Waals surface area (Å²) in [6.45, 7) is 1.29. The summed E-state index contributed by atoms with van der Waals surface area (Å²) in [5.74, 6) is 0.754. The molecule has 7 nitrogen and oxygen atoms in total. The maximum atomic E-state index is 10.2. The Morgan fingerprint density at radius 1 is 1.08 bits per heavy atom. The monoisotopic (exact) mass is 324 g/mol. The number of aromatic hydroxyl groups is 1. The average molecular weight is 324 g/mol. The van der Waals surface area contributed by atoms with Crippen LogP contribution in [0.3, 0.4) is 0 Å². The number of aromatic nitrogens is 4. The zero-order valence-corrected chi connectivity index (χ0v) is 13.4. The first-order valence-electron chi connectivity index (χ1n) is 8.25. The van der Waals surface area contributed by atoms with Gasteiger partial charge in [0.15, 0.2) is 17.0 Å². The molecule has 3 aromatic rings. The van der Waals surface area contributed by atoms with Gasteiger partial charge in [-0.1, -0.05) is 30.7 Å². The second-order valence-corrected chi connectivity index (χ2v) is 6.16. The van der Waals surface area contributed by atoms with Gasteiger partial charge < -0.3 is 16.2 Å². The van der Waals surface area contributed by atoms with Crippen LogP contribution >= 0.6 is 0 Å². The van der Waals surface area contributed by atoms with E-state index in [1.165, 1.54) is 5.56 Å². The van der Waals surface area contributed by atoms with Crippen LogP contribution < -0.4 is 11.1 Å². The van der Waals surface area contributed by atoms with Gasteiger partial charge in [-0.25, -0.2) is 0 Å². The lowest BCUT2D eigenvalue weighted by atomic mass is 10.0. The second-order valence-electron chi connectivity index (χ2n) is 6.16. The van der Waals surface area contributed by atoms with E-state index in [0.717, 1.165) is 37.8 Å². The van der Waals surface area contributed by atoms with E-state index in [-0.39, 0.29) is 11.8 Å². The first-order chi connectivity index (χ1) is 11.7. The molecule has 0 radical (unpaired) electrons. The number of nitrogens with two attached hydrogens (primary N) is 1. The minimum atomic E-state index is -0.0966. The summed E-state index contributed by atoms with van der Waals surface area (Å²) >= 11 is 0. The van der Waals surface area contributed by atoms with Gasteiger partial charge in [0.05, 0.1) is 6.54 Å². The second kappa shape index (κ2) is 5.99. The number of aryl methyl sites for hydroxylation is 1. The van der Waals surface area contributed by atoms with Crippen molar-refractivity contribution in [3.63, 3.8) is 0 Å². The van der Waals surface area contributed by atoms with Crippen LogP contribution in [0.15, 0.2) is 24.3 Å². The van der Waals surface area contributed by atoms with Crippen LogP contribution in [0.2, 0.25) is 0 Å². The van der Waals surface area contributed by atoms with E-state index >= 15 is 0 Å². The van der Waals surface area contributed by atoms with Gasteiger partial charge in [-0.3, -0.25) is 4.57 Å². The number of anilines is 2. The third-order valence-corrected chi connectivity index (χ3v) is 4.36. The molecular weight excluding hydrogens is 304 g/mol. The highest BCUT2D eigenvalue weighted by atomic mass is 16.3. The van der Waals surface area contributed by atoms with Gasteiger partial charge in [-0.15, -0.1) is 0 Å². The molecular formula is C17H20N6O. The number of hydrogen-bond donors (Lipinski definition) is 3. The fourth-order valence-electron chi connectivity index (χ4n) is 3.13. The fourth-order valence-corrected chi connectivity index (χ4v) is 3.13. The molecule has 0 saturated carbocycles. The Bertz CT molecular complexity index is 888. The Morgan fingerprint density at radius 2 is 1.96 bits per heavy atom. The van der Waals surface area contributed by atoms with E-state index in [9.17, 15) is 5.11 Å². The molecule has 0 fully saturated rings. The normalized spacial score (nSPS) is 15.2. The van der Waals surface area contributed by atoms with E-state index < -0.39 is 0 Å². The van der Waals surface area contributed by atoms with Crippen molar-refractivity contribution in [3.05, 3.63) is 35.4 Å². The summed E-state index contributed by atoms with van der Waals surface area (Å²) in [6, 6.07) is 8.34. The van der Waals surface area contributed by atoms with Crippen molar-refractivity contribution in [1.82, 2.24) is 19.5 Å². The Hall–Kier alpha value is -2.83. The van der Waals surface area contributed by atoms with Crippen molar-refractivity contribution in [3.8, 4) is 6.01 Å². The molecule has 1 aromatic carbocycles. The smallest absolute Gasteiger partial charge is 0.296 e. The standard InChI is InChI=1S/C17H20N6O/c18-14-13-15-22-16(21-14)19-8-3-1-2-5-11-6-4-7-12(9-11)10-23(15)17(24)20-13/h4,6-7,9H,1-3,5,8,10H2,(H,20,24)(H3,18,19,21,22). The molecule has 0 amide bonds.